The van der Waals surface area contributed by atoms with Gasteiger partial charge in [0, 0.05) is 5.92 Å². The third kappa shape index (κ3) is 6.71. The van der Waals surface area contributed by atoms with Crippen molar-refractivity contribution in [1.82, 2.24) is 5.32 Å². The normalized spacial score (nSPS) is 15.6. The first-order chi connectivity index (χ1) is 14.0. The van der Waals surface area contributed by atoms with Crippen molar-refractivity contribution in [3.63, 3.8) is 0 Å². The Balaban J connectivity index is 1.79. The predicted molar refractivity (Wildman–Crippen MR) is 127 cm³/mol. The second kappa shape index (κ2) is 11.0. The fourth-order valence-electron chi connectivity index (χ4n) is 4.61. The molecule has 1 heteroatoms. The van der Waals surface area contributed by atoms with Gasteiger partial charge in [0.2, 0.25) is 0 Å². The summed E-state index contributed by atoms with van der Waals surface area (Å²) in [6, 6.07) is 19.2. The summed E-state index contributed by atoms with van der Waals surface area (Å²) in [7, 11) is 0. The van der Waals surface area contributed by atoms with E-state index in [1.54, 1.807) is 0 Å². The van der Waals surface area contributed by atoms with Gasteiger partial charge in [-0.25, -0.2) is 0 Å². The molecule has 0 saturated carbocycles. The molecular weight excluding hydrogens is 350 g/mol. The molecule has 1 saturated heterocycles. The van der Waals surface area contributed by atoms with Crippen LogP contribution in [0.2, 0.25) is 0 Å². The van der Waals surface area contributed by atoms with Gasteiger partial charge in [0.25, 0.3) is 0 Å². The molecule has 1 heterocycles. The fraction of sp³-hybridized carbons (Fsp3) is 0.571. The van der Waals surface area contributed by atoms with Crippen LogP contribution in [0.4, 0.5) is 0 Å². The lowest BCUT2D eigenvalue weighted by atomic mass is 9.76. The number of aryl methyl sites for hydroxylation is 2. The first kappa shape index (κ1) is 22.1. The minimum absolute atomic E-state index is 0.524. The fourth-order valence-corrected chi connectivity index (χ4v) is 4.61. The number of hydrogen-bond acceptors (Lipinski definition) is 1. The summed E-state index contributed by atoms with van der Waals surface area (Å²) in [6.07, 6.45) is 7.48. The van der Waals surface area contributed by atoms with Crippen molar-refractivity contribution in [2.75, 3.05) is 13.1 Å². The maximum absolute atomic E-state index is 3.55. The van der Waals surface area contributed by atoms with Crippen LogP contribution in [-0.2, 0) is 12.8 Å². The molecule has 0 spiro atoms. The zero-order valence-electron chi connectivity index (χ0n) is 19.1. The van der Waals surface area contributed by atoms with E-state index in [1.807, 2.05) is 0 Å². The molecule has 0 amide bonds. The van der Waals surface area contributed by atoms with E-state index in [9.17, 15) is 0 Å². The van der Waals surface area contributed by atoms with Crippen molar-refractivity contribution in [1.29, 1.82) is 0 Å². The number of rotatable bonds is 9. The smallest absolute Gasteiger partial charge is 0.0119 e. The SMILES string of the molecule is CC(C)CCc1ccc(C(c2ccc(CCC(C)C)cc2)C2CCNCC2)cc1. The molecule has 0 aliphatic carbocycles. The van der Waals surface area contributed by atoms with E-state index in [1.165, 1.54) is 60.8 Å². The van der Waals surface area contributed by atoms with E-state index in [-0.39, 0.29) is 0 Å². The highest BCUT2D eigenvalue weighted by molar-refractivity contribution is 5.36. The van der Waals surface area contributed by atoms with Gasteiger partial charge >= 0.3 is 0 Å². The Bertz CT molecular complexity index is 649. The summed E-state index contributed by atoms with van der Waals surface area (Å²) < 4.78 is 0. The summed E-state index contributed by atoms with van der Waals surface area (Å²) in [4.78, 5) is 0. The highest BCUT2D eigenvalue weighted by Crippen LogP contribution is 2.37. The molecule has 3 rings (SSSR count). The lowest BCUT2D eigenvalue weighted by molar-refractivity contribution is 0.342. The van der Waals surface area contributed by atoms with Crippen LogP contribution in [0.15, 0.2) is 48.5 Å². The first-order valence-electron chi connectivity index (χ1n) is 11.9. The molecule has 1 N–H and O–H groups in total. The number of piperidine rings is 1. The van der Waals surface area contributed by atoms with Crippen molar-refractivity contribution in [3.8, 4) is 0 Å². The van der Waals surface area contributed by atoms with E-state index >= 15 is 0 Å². The maximum Gasteiger partial charge on any atom is 0.0119 e. The van der Waals surface area contributed by atoms with Gasteiger partial charge in [-0.2, -0.15) is 0 Å². The zero-order chi connectivity index (χ0) is 20.6. The molecule has 1 aliphatic rings. The molecule has 1 fully saturated rings. The minimum atomic E-state index is 0.524. The van der Waals surface area contributed by atoms with Gasteiger partial charge in [-0.3, -0.25) is 0 Å². The summed E-state index contributed by atoms with van der Waals surface area (Å²) in [6.45, 7) is 11.6. The molecule has 0 unspecified atom stereocenters. The quantitative estimate of drug-likeness (QED) is 0.485. The van der Waals surface area contributed by atoms with Crippen molar-refractivity contribution in [2.24, 2.45) is 17.8 Å². The maximum atomic E-state index is 3.55. The molecule has 1 aliphatic heterocycles. The molecule has 0 bridgehead atoms. The average Bonchev–Trinajstić information content (AvgIpc) is 2.73. The van der Waals surface area contributed by atoms with E-state index in [0.717, 1.165) is 30.8 Å². The van der Waals surface area contributed by atoms with Crippen LogP contribution in [0.25, 0.3) is 0 Å². The summed E-state index contributed by atoms with van der Waals surface area (Å²) in [5, 5.41) is 3.55. The van der Waals surface area contributed by atoms with Crippen LogP contribution in [0.5, 0.6) is 0 Å². The van der Waals surface area contributed by atoms with E-state index in [2.05, 4.69) is 81.5 Å². The molecule has 2 aromatic carbocycles. The van der Waals surface area contributed by atoms with Gasteiger partial charge in [0.1, 0.15) is 0 Å². The van der Waals surface area contributed by atoms with E-state index in [4.69, 9.17) is 0 Å². The van der Waals surface area contributed by atoms with Crippen molar-refractivity contribution in [2.45, 2.75) is 72.1 Å². The van der Waals surface area contributed by atoms with Crippen molar-refractivity contribution in [3.05, 3.63) is 70.8 Å². The Kier molecular flexibility index (Phi) is 8.36. The first-order valence-corrected chi connectivity index (χ1v) is 11.9. The highest BCUT2D eigenvalue weighted by Gasteiger charge is 2.26. The number of benzene rings is 2. The Morgan fingerprint density at radius 3 is 1.48 bits per heavy atom. The van der Waals surface area contributed by atoms with Gasteiger partial charge in [0.05, 0.1) is 0 Å². The van der Waals surface area contributed by atoms with Gasteiger partial charge in [-0.1, -0.05) is 76.2 Å². The zero-order valence-corrected chi connectivity index (χ0v) is 19.1. The lowest BCUT2D eigenvalue weighted by Gasteiger charge is -2.32. The molecule has 0 aromatic heterocycles. The van der Waals surface area contributed by atoms with Gasteiger partial charge < -0.3 is 5.32 Å². The molecular formula is C28H41N. The highest BCUT2D eigenvalue weighted by atomic mass is 14.9. The van der Waals surface area contributed by atoms with Crippen LogP contribution in [0, 0.1) is 17.8 Å². The summed E-state index contributed by atoms with van der Waals surface area (Å²) >= 11 is 0. The second-order valence-electron chi connectivity index (χ2n) is 9.91. The van der Waals surface area contributed by atoms with Crippen LogP contribution in [0.3, 0.4) is 0 Å². The third-order valence-corrected chi connectivity index (χ3v) is 6.55. The third-order valence-electron chi connectivity index (χ3n) is 6.55. The van der Waals surface area contributed by atoms with Crippen molar-refractivity contribution >= 4 is 0 Å². The van der Waals surface area contributed by atoms with Crippen LogP contribution in [0.1, 0.15) is 81.5 Å². The topological polar surface area (TPSA) is 12.0 Å². The molecule has 2 aromatic rings. The standard InChI is InChI=1S/C28H41N/c1-21(2)5-7-23-9-13-25(14-10-23)28(27-17-19-29-20-18-27)26-15-11-24(12-16-26)8-6-22(3)4/h9-16,21-22,27-29H,5-8,17-20H2,1-4H3. The van der Waals surface area contributed by atoms with E-state index in [0.29, 0.717) is 5.92 Å². The van der Waals surface area contributed by atoms with Crippen LogP contribution >= 0.6 is 0 Å². The number of nitrogens with one attached hydrogen (secondary N) is 1. The van der Waals surface area contributed by atoms with Gasteiger partial charge in [0.15, 0.2) is 0 Å². The largest absolute Gasteiger partial charge is 0.317 e. The van der Waals surface area contributed by atoms with Crippen molar-refractivity contribution < 1.29 is 0 Å². The van der Waals surface area contributed by atoms with Gasteiger partial charge in [-0.15, -0.1) is 0 Å². The molecule has 29 heavy (non-hydrogen) atoms. The minimum Gasteiger partial charge on any atom is -0.317 e. The molecule has 158 valence electrons. The second-order valence-corrected chi connectivity index (χ2v) is 9.91. The molecule has 1 nitrogen and oxygen atoms in total. The Labute approximate surface area is 179 Å². The lowest BCUT2D eigenvalue weighted by Crippen LogP contribution is -2.31. The monoisotopic (exact) mass is 391 g/mol. The van der Waals surface area contributed by atoms with Gasteiger partial charge in [-0.05, 0) is 91.6 Å². The number of hydrogen-bond donors (Lipinski definition) is 1. The van der Waals surface area contributed by atoms with Crippen LogP contribution in [-0.4, -0.2) is 13.1 Å². The molecule has 0 atom stereocenters. The Morgan fingerprint density at radius 2 is 1.10 bits per heavy atom. The summed E-state index contributed by atoms with van der Waals surface area (Å²) in [5.41, 5.74) is 5.96. The molecule has 0 radical (unpaired) electrons. The summed E-state index contributed by atoms with van der Waals surface area (Å²) in [5.74, 6) is 2.80. The average molecular weight is 392 g/mol. The Morgan fingerprint density at radius 1 is 0.690 bits per heavy atom. The van der Waals surface area contributed by atoms with Crippen LogP contribution < -0.4 is 5.32 Å². The Hall–Kier alpha value is -1.60. The van der Waals surface area contributed by atoms with E-state index < -0.39 is 0 Å². The predicted octanol–water partition coefficient (Wildman–Crippen LogP) is 7.00.